The van der Waals surface area contributed by atoms with Crippen LogP contribution in [0.3, 0.4) is 0 Å². The van der Waals surface area contributed by atoms with Gasteiger partial charge in [0.2, 0.25) is 5.91 Å². The minimum atomic E-state index is -0.505. The van der Waals surface area contributed by atoms with Crippen molar-refractivity contribution < 1.29 is 4.79 Å². The number of nitrogens with one attached hydrogen (secondary N) is 1. The highest BCUT2D eigenvalue weighted by Crippen LogP contribution is 2.21. The first-order valence-electron chi connectivity index (χ1n) is 5.09. The summed E-state index contributed by atoms with van der Waals surface area (Å²) in [6.07, 6.45) is 0.897. The molecule has 82 valence electrons. The largest absolute Gasteiger partial charge is 0.324 e. The second-order valence-electron chi connectivity index (χ2n) is 3.57. The topological polar surface area (TPSA) is 29.1 Å². The molecule has 0 aliphatic carbocycles. The summed E-state index contributed by atoms with van der Waals surface area (Å²) in [6, 6.07) is 5.99. The molecule has 0 fully saturated rings. The van der Waals surface area contributed by atoms with Gasteiger partial charge in [-0.3, -0.25) is 4.79 Å². The summed E-state index contributed by atoms with van der Waals surface area (Å²) in [5, 5.41) is 2.35. The molecule has 0 bridgehead atoms. The molecule has 0 aliphatic heterocycles. The highest BCUT2D eigenvalue weighted by atomic mass is 35.5. The third-order valence-electron chi connectivity index (χ3n) is 2.35. The van der Waals surface area contributed by atoms with E-state index in [1.54, 1.807) is 6.92 Å². The maximum Gasteiger partial charge on any atom is 0.242 e. The number of carbonyl (C=O) groups is 1. The molecule has 0 heterocycles. The average molecular weight is 226 g/mol. The summed E-state index contributed by atoms with van der Waals surface area (Å²) in [6.45, 7) is 5.71. The van der Waals surface area contributed by atoms with Gasteiger partial charge in [-0.15, -0.1) is 11.6 Å². The van der Waals surface area contributed by atoms with Gasteiger partial charge in [-0.2, -0.15) is 0 Å². The fraction of sp³-hybridized carbons (Fsp3) is 0.417. The van der Waals surface area contributed by atoms with Crippen molar-refractivity contribution in [3.05, 3.63) is 29.3 Å². The molecule has 0 spiro atoms. The summed E-state index contributed by atoms with van der Waals surface area (Å²) in [4.78, 5) is 11.5. The highest BCUT2D eigenvalue weighted by molar-refractivity contribution is 6.32. The van der Waals surface area contributed by atoms with Gasteiger partial charge in [-0.05, 0) is 31.4 Å². The zero-order valence-electron chi connectivity index (χ0n) is 9.30. The van der Waals surface area contributed by atoms with Gasteiger partial charge in [-0.25, -0.2) is 0 Å². The van der Waals surface area contributed by atoms with Gasteiger partial charge in [0.1, 0.15) is 5.38 Å². The van der Waals surface area contributed by atoms with E-state index in [0.717, 1.165) is 23.2 Å². The van der Waals surface area contributed by atoms with E-state index in [1.807, 2.05) is 25.1 Å². The maximum absolute atomic E-state index is 11.5. The van der Waals surface area contributed by atoms with Gasteiger partial charge in [0.25, 0.3) is 0 Å². The van der Waals surface area contributed by atoms with E-state index in [4.69, 9.17) is 11.6 Å². The summed E-state index contributed by atoms with van der Waals surface area (Å²) >= 11 is 5.71. The molecule has 0 aromatic heterocycles. The van der Waals surface area contributed by atoms with Crippen LogP contribution in [0.15, 0.2) is 18.2 Å². The van der Waals surface area contributed by atoms with E-state index in [9.17, 15) is 4.79 Å². The molecule has 0 unspecified atom stereocenters. The molecule has 2 nitrogen and oxygen atoms in total. The number of carbonyl (C=O) groups excluding carboxylic acids is 1. The fourth-order valence-electron chi connectivity index (χ4n) is 1.42. The van der Waals surface area contributed by atoms with E-state index in [0.29, 0.717) is 0 Å². The average Bonchev–Trinajstić information content (AvgIpc) is 2.20. The Morgan fingerprint density at radius 1 is 1.53 bits per heavy atom. The summed E-state index contributed by atoms with van der Waals surface area (Å²) < 4.78 is 0. The Bertz CT molecular complexity index is 361. The van der Waals surface area contributed by atoms with Crippen LogP contribution < -0.4 is 5.32 Å². The monoisotopic (exact) mass is 225 g/mol. The SMILES string of the molecule is CCc1cccc(C)c1NC(=O)[C@H](C)Cl. The summed E-state index contributed by atoms with van der Waals surface area (Å²) in [7, 11) is 0. The zero-order chi connectivity index (χ0) is 11.4. The minimum Gasteiger partial charge on any atom is -0.324 e. The lowest BCUT2D eigenvalue weighted by molar-refractivity contribution is -0.115. The van der Waals surface area contributed by atoms with Crippen LogP contribution >= 0.6 is 11.6 Å². The first kappa shape index (κ1) is 12.1. The molecule has 15 heavy (non-hydrogen) atoms. The molecule has 0 radical (unpaired) electrons. The Kier molecular flexibility index (Phi) is 4.15. The minimum absolute atomic E-state index is 0.152. The lowest BCUT2D eigenvalue weighted by atomic mass is 10.1. The Morgan fingerprint density at radius 3 is 2.73 bits per heavy atom. The van der Waals surface area contributed by atoms with Crippen LogP contribution in [0.2, 0.25) is 0 Å². The molecular weight excluding hydrogens is 210 g/mol. The quantitative estimate of drug-likeness (QED) is 0.787. The molecule has 1 N–H and O–H groups in total. The normalized spacial score (nSPS) is 12.3. The van der Waals surface area contributed by atoms with Crippen LogP contribution in [-0.4, -0.2) is 11.3 Å². The second-order valence-corrected chi connectivity index (χ2v) is 4.22. The van der Waals surface area contributed by atoms with Crippen LogP contribution in [0.25, 0.3) is 0 Å². The second kappa shape index (κ2) is 5.17. The number of alkyl halides is 1. The first-order valence-corrected chi connectivity index (χ1v) is 5.53. The lowest BCUT2D eigenvalue weighted by Crippen LogP contribution is -2.21. The number of hydrogen-bond donors (Lipinski definition) is 1. The molecule has 0 saturated carbocycles. The zero-order valence-corrected chi connectivity index (χ0v) is 10.1. The Labute approximate surface area is 95.6 Å². The third kappa shape index (κ3) is 2.96. The van der Waals surface area contributed by atoms with Gasteiger partial charge < -0.3 is 5.32 Å². The predicted molar refractivity (Wildman–Crippen MR) is 64.5 cm³/mol. The van der Waals surface area contributed by atoms with Gasteiger partial charge in [0.15, 0.2) is 0 Å². The molecule has 1 rings (SSSR count). The van der Waals surface area contributed by atoms with Crippen LogP contribution in [0.4, 0.5) is 5.69 Å². The molecule has 1 aromatic rings. The van der Waals surface area contributed by atoms with Crippen molar-refractivity contribution in [2.75, 3.05) is 5.32 Å². The van der Waals surface area contributed by atoms with Crippen LogP contribution in [0.5, 0.6) is 0 Å². The van der Waals surface area contributed by atoms with Crippen molar-refractivity contribution in [2.45, 2.75) is 32.6 Å². The van der Waals surface area contributed by atoms with Crippen LogP contribution in [-0.2, 0) is 11.2 Å². The van der Waals surface area contributed by atoms with Crippen LogP contribution in [0.1, 0.15) is 25.0 Å². The summed E-state index contributed by atoms with van der Waals surface area (Å²) in [5.41, 5.74) is 3.11. The van der Waals surface area contributed by atoms with E-state index >= 15 is 0 Å². The molecule has 1 amide bonds. The number of benzene rings is 1. The van der Waals surface area contributed by atoms with E-state index in [1.165, 1.54) is 0 Å². The number of anilines is 1. The number of rotatable bonds is 3. The van der Waals surface area contributed by atoms with Gasteiger partial charge in [-0.1, -0.05) is 25.1 Å². The molecule has 1 atom stereocenters. The van der Waals surface area contributed by atoms with Crippen molar-refractivity contribution >= 4 is 23.2 Å². The van der Waals surface area contributed by atoms with Crippen molar-refractivity contribution in [2.24, 2.45) is 0 Å². The number of amides is 1. The van der Waals surface area contributed by atoms with Crippen molar-refractivity contribution in [1.29, 1.82) is 0 Å². The van der Waals surface area contributed by atoms with E-state index in [-0.39, 0.29) is 5.91 Å². The van der Waals surface area contributed by atoms with Crippen molar-refractivity contribution in [1.82, 2.24) is 0 Å². The standard InChI is InChI=1S/C12H16ClNO/c1-4-10-7-5-6-8(2)11(10)14-12(15)9(3)13/h5-7,9H,4H2,1-3H3,(H,14,15)/t9-/m0/s1. The number of halogens is 1. The number of hydrogen-bond acceptors (Lipinski definition) is 1. The number of aryl methyl sites for hydroxylation is 2. The lowest BCUT2D eigenvalue weighted by Gasteiger charge is -2.13. The fourth-order valence-corrected chi connectivity index (χ4v) is 1.48. The number of para-hydroxylation sites is 1. The Hall–Kier alpha value is -1.02. The molecule has 3 heteroatoms. The first-order chi connectivity index (χ1) is 7.06. The predicted octanol–water partition coefficient (Wildman–Crippen LogP) is 3.12. The van der Waals surface area contributed by atoms with Gasteiger partial charge >= 0.3 is 0 Å². The maximum atomic E-state index is 11.5. The molecular formula is C12H16ClNO. The van der Waals surface area contributed by atoms with Crippen LogP contribution in [0, 0.1) is 6.92 Å². The van der Waals surface area contributed by atoms with Gasteiger partial charge in [0.05, 0.1) is 0 Å². The van der Waals surface area contributed by atoms with Crippen molar-refractivity contribution in [3.8, 4) is 0 Å². The molecule has 0 aliphatic rings. The Balaban J connectivity index is 2.97. The molecule has 0 saturated heterocycles. The third-order valence-corrected chi connectivity index (χ3v) is 2.55. The van der Waals surface area contributed by atoms with E-state index in [2.05, 4.69) is 12.2 Å². The van der Waals surface area contributed by atoms with E-state index < -0.39 is 5.38 Å². The smallest absolute Gasteiger partial charge is 0.242 e. The molecule has 1 aromatic carbocycles. The van der Waals surface area contributed by atoms with Gasteiger partial charge in [0, 0.05) is 5.69 Å². The Morgan fingerprint density at radius 2 is 2.20 bits per heavy atom. The summed E-state index contributed by atoms with van der Waals surface area (Å²) in [5.74, 6) is -0.152. The van der Waals surface area contributed by atoms with Crippen molar-refractivity contribution in [3.63, 3.8) is 0 Å². The highest BCUT2D eigenvalue weighted by Gasteiger charge is 2.12.